The third kappa shape index (κ3) is 3.65. The molecule has 3 rings (SSSR count). The molecule has 0 spiro atoms. The van der Waals surface area contributed by atoms with Crippen LogP contribution in [-0.2, 0) is 16.4 Å². The summed E-state index contributed by atoms with van der Waals surface area (Å²) in [5, 5.41) is 0. The summed E-state index contributed by atoms with van der Waals surface area (Å²) in [6.07, 6.45) is 5.15. The molecule has 0 amide bonds. The zero-order valence-corrected chi connectivity index (χ0v) is 13.5. The topological polar surface area (TPSA) is 40.6 Å². The zero-order chi connectivity index (χ0) is 14.9. The molecule has 0 bridgehead atoms. The molecule has 116 valence electrons. The molecule has 0 aliphatic carbocycles. The van der Waals surface area contributed by atoms with E-state index in [9.17, 15) is 8.42 Å². The Bertz CT molecular complexity index is 583. The lowest BCUT2D eigenvalue weighted by Crippen LogP contribution is -2.36. The summed E-state index contributed by atoms with van der Waals surface area (Å²) in [7, 11) is -3.09. The van der Waals surface area contributed by atoms with Crippen LogP contribution in [0.3, 0.4) is 0 Å². The van der Waals surface area contributed by atoms with Crippen LogP contribution in [0, 0.1) is 0 Å². The van der Waals surface area contributed by atoms with Crippen molar-refractivity contribution >= 4 is 9.84 Å². The van der Waals surface area contributed by atoms with Crippen LogP contribution < -0.4 is 0 Å². The van der Waals surface area contributed by atoms with Gasteiger partial charge >= 0.3 is 0 Å². The summed E-state index contributed by atoms with van der Waals surface area (Å²) in [4.78, 5) is 5.56. The zero-order valence-electron chi connectivity index (χ0n) is 12.7. The van der Waals surface area contributed by atoms with E-state index in [0.29, 0.717) is 4.90 Å². The van der Waals surface area contributed by atoms with E-state index in [0.717, 1.165) is 25.7 Å². The predicted octanol–water partition coefficient (Wildman–Crippen LogP) is 1.76. The number of hydrogen-bond acceptors (Lipinski definition) is 4. The standard InChI is InChI=1S/C16H24N2O2S/c1-21(19,20)16-7-5-14(6-8-16)12-17-9-3-11-18-10-2-4-15(18)13-17/h5-8,15H,2-4,9-13H2,1H3. The van der Waals surface area contributed by atoms with E-state index in [-0.39, 0.29) is 0 Å². The molecule has 2 heterocycles. The molecule has 1 aromatic rings. The van der Waals surface area contributed by atoms with Crippen molar-refractivity contribution < 1.29 is 8.42 Å². The van der Waals surface area contributed by atoms with Crippen LogP contribution in [0.25, 0.3) is 0 Å². The highest BCUT2D eigenvalue weighted by Gasteiger charge is 2.28. The fourth-order valence-corrected chi connectivity index (χ4v) is 4.16. The van der Waals surface area contributed by atoms with E-state index in [4.69, 9.17) is 0 Å². The van der Waals surface area contributed by atoms with Crippen molar-refractivity contribution in [3.8, 4) is 0 Å². The fraction of sp³-hybridized carbons (Fsp3) is 0.625. The number of nitrogens with zero attached hydrogens (tertiary/aromatic N) is 2. The van der Waals surface area contributed by atoms with Gasteiger partial charge in [0.15, 0.2) is 9.84 Å². The van der Waals surface area contributed by atoms with E-state index < -0.39 is 9.84 Å². The fourth-order valence-electron chi connectivity index (χ4n) is 3.53. The van der Waals surface area contributed by atoms with Crippen molar-refractivity contribution in [1.82, 2.24) is 9.80 Å². The molecular formula is C16H24N2O2S. The van der Waals surface area contributed by atoms with Crippen molar-refractivity contribution in [3.05, 3.63) is 29.8 Å². The first kappa shape index (κ1) is 15.0. The van der Waals surface area contributed by atoms with Crippen LogP contribution >= 0.6 is 0 Å². The maximum atomic E-state index is 11.5. The van der Waals surface area contributed by atoms with Crippen molar-refractivity contribution in [2.75, 3.05) is 32.4 Å². The van der Waals surface area contributed by atoms with Crippen molar-refractivity contribution in [3.63, 3.8) is 0 Å². The quantitative estimate of drug-likeness (QED) is 0.853. The molecule has 2 aliphatic heterocycles. The van der Waals surface area contributed by atoms with Gasteiger partial charge in [0.05, 0.1) is 4.90 Å². The maximum Gasteiger partial charge on any atom is 0.175 e. The molecule has 1 unspecified atom stereocenters. The first-order valence-electron chi connectivity index (χ1n) is 7.78. The summed E-state index contributed by atoms with van der Waals surface area (Å²) in [5.74, 6) is 0. The van der Waals surface area contributed by atoms with Gasteiger partial charge in [-0.15, -0.1) is 0 Å². The summed E-state index contributed by atoms with van der Waals surface area (Å²) in [6, 6.07) is 8.08. The molecule has 21 heavy (non-hydrogen) atoms. The average Bonchev–Trinajstić information content (AvgIpc) is 2.77. The molecule has 0 saturated carbocycles. The van der Waals surface area contributed by atoms with Gasteiger partial charge in [-0.1, -0.05) is 12.1 Å². The first-order valence-corrected chi connectivity index (χ1v) is 9.67. The maximum absolute atomic E-state index is 11.5. The van der Waals surface area contributed by atoms with Gasteiger partial charge in [-0.3, -0.25) is 9.80 Å². The van der Waals surface area contributed by atoms with E-state index >= 15 is 0 Å². The highest BCUT2D eigenvalue weighted by atomic mass is 32.2. The van der Waals surface area contributed by atoms with Gasteiger partial charge < -0.3 is 0 Å². The monoisotopic (exact) mass is 308 g/mol. The van der Waals surface area contributed by atoms with E-state index in [1.807, 2.05) is 12.1 Å². The minimum absolute atomic E-state index is 0.407. The summed E-state index contributed by atoms with van der Waals surface area (Å²) in [6.45, 7) is 5.71. The minimum atomic E-state index is -3.09. The van der Waals surface area contributed by atoms with Crippen LogP contribution in [0.2, 0.25) is 0 Å². The normalized spacial score (nSPS) is 24.7. The van der Waals surface area contributed by atoms with Crippen molar-refractivity contribution in [1.29, 1.82) is 0 Å². The number of fused-ring (bicyclic) bond motifs is 1. The molecular weight excluding hydrogens is 284 g/mol. The SMILES string of the molecule is CS(=O)(=O)c1ccc(CN2CCCN3CCCC3C2)cc1. The summed E-state index contributed by atoms with van der Waals surface area (Å²) >= 11 is 0. The molecule has 1 aromatic carbocycles. The van der Waals surface area contributed by atoms with Gasteiger partial charge in [-0.2, -0.15) is 0 Å². The first-order chi connectivity index (χ1) is 10.0. The van der Waals surface area contributed by atoms with Gasteiger partial charge in [0, 0.05) is 25.4 Å². The Kier molecular flexibility index (Phi) is 4.33. The Morgan fingerprint density at radius 2 is 1.81 bits per heavy atom. The predicted molar refractivity (Wildman–Crippen MR) is 84.0 cm³/mol. The number of rotatable bonds is 3. The molecule has 0 N–H and O–H groups in total. The molecule has 2 saturated heterocycles. The lowest BCUT2D eigenvalue weighted by Gasteiger charge is -2.25. The second kappa shape index (κ2) is 6.07. The largest absolute Gasteiger partial charge is 0.299 e. The smallest absolute Gasteiger partial charge is 0.175 e. The summed E-state index contributed by atoms with van der Waals surface area (Å²) < 4.78 is 23.0. The Balaban J connectivity index is 1.65. The molecule has 2 fully saturated rings. The van der Waals surface area contributed by atoms with Gasteiger partial charge in [0.25, 0.3) is 0 Å². The van der Waals surface area contributed by atoms with E-state index in [2.05, 4.69) is 9.80 Å². The Hall–Kier alpha value is -0.910. The molecule has 4 nitrogen and oxygen atoms in total. The van der Waals surface area contributed by atoms with Crippen LogP contribution in [0.5, 0.6) is 0 Å². The van der Waals surface area contributed by atoms with E-state index in [1.165, 1.54) is 44.2 Å². The van der Waals surface area contributed by atoms with Gasteiger partial charge in [0.1, 0.15) is 0 Å². The lowest BCUT2D eigenvalue weighted by atomic mass is 10.1. The van der Waals surface area contributed by atoms with Gasteiger partial charge in [0.2, 0.25) is 0 Å². The molecule has 5 heteroatoms. The Morgan fingerprint density at radius 1 is 1.10 bits per heavy atom. The molecule has 0 radical (unpaired) electrons. The van der Waals surface area contributed by atoms with Crippen molar-refractivity contribution in [2.45, 2.75) is 36.7 Å². The summed E-state index contributed by atoms with van der Waals surface area (Å²) in [5.41, 5.74) is 1.20. The molecule has 2 aliphatic rings. The second-order valence-electron chi connectivity index (χ2n) is 6.34. The second-order valence-corrected chi connectivity index (χ2v) is 8.35. The molecule has 0 aromatic heterocycles. The average molecular weight is 308 g/mol. The Labute approximate surface area is 127 Å². The van der Waals surface area contributed by atoms with E-state index in [1.54, 1.807) is 12.1 Å². The third-order valence-corrected chi connectivity index (χ3v) is 5.77. The third-order valence-electron chi connectivity index (χ3n) is 4.65. The van der Waals surface area contributed by atoms with Crippen LogP contribution in [-0.4, -0.2) is 56.7 Å². The molecule has 1 atom stereocenters. The minimum Gasteiger partial charge on any atom is -0.299 e. The Morgan fingerprint density at radius 3 is 2.52 bits per heavy atom. The van der Waals surface area contributed by atoms with Crippen LogP contribution in [0.1, 0.15) is 24.8 Å². The van der Waals surface area contributed by atoms with Gasteiger partial charge in [-0.05, 0) is 56.6 Å². The number of sulfone groups is 1. The van der Waals surface area contributed by atoms with Crippen molar-refractivity contribution in [2.24, 2.45) is 0 Å². The highest BCUT2D eigenvalue weighted by Crippen LogP contribution is 2.22. The lowest BCUT2D eigenvalue weighted by molar-refractivity contribution is 0.215. The highest BCUT2D eigenvalue weighted by molar-refractivity contribution is 7.90. The van der Waals surface area contributed by atoms with Crippen LogP contribution in [0.4, 0.5) is 0 Å². The number of hydrogen-bond donors (Lipinski definition) is 0. The van der Waals surface area contributed by atoms with Crippen LogP contribution in [0.15, 0.2) is 29.2 Å². The van der Waals surface area contributed by atoms with Gasteiger partial charge in [-0.25, -0.2) is 8.42 Å². The number of benzene rings is 1.